The van der Waals surface area contributed by atoms with Crippen LogP contribution in [0.3, 0.4) is 0 Å². The van der Waals surface area contributed by atoms with E-state index in [1.807, 2.05) is 6.07 Å². The summed E-state index contributed by atoms with van der Waals surface area (Å²) in [5.74, 6) is 0.372. The molecule has 0 spiro atoms. The molecule has 0 aromatic rings. The van der Waals surface area contributed by atoms with E-state index in [9.17, 15) is 4.79 Å². The van der Waals surface area contributed by atoms with Crippen molar-refractivity contribution in [3.8, 4) is 6.07 Å². The Kier molecular flexibility index (Phi) is 3.71. The quantitative estimate of drug-likeness (QED) is 0.656. The number of likely N-dealkylation sites (tertiary alicyclic amines) is 1. The number of nitriles is 1. The maximum absolute atomic E-state index is 11.3. The Morgan fingerprint density at radius 2 is 2.46 bits per heavy atom. The first-order chi connectivity index (χ1) is 6.27. The standard InChI is InChI=1S/C9H15N3O/c10-4-3-9(13)12-5-1-2-8(6-11)7-12/h8H,1-3,5-7,11H2. The van der Waals surface area contributed by atoms with E-state index < -0.39 is 0 Å². The third-order valence-electron chi connectivity index (χ3n) is 2.44. The Labute approximate surface area is 78.3 Å². The molecule has 0 saturated carbocycles. The molecule has 0 radical (unpaired) electrons. The van der Waals surface area contributed by atoms with Crippen molar-refractivity contribution < 1.29 is 4.79 Å². The number of carbonyl (C=O) groups is 1. The van der Waals surface area contributed by atoms with Crippen molar-refractivity contribution in [1.29, 1.82) is 5.26 Å². The third kappa shape index (κ3) is 2.71. The van der Waals surface area contributed by atoms with Crippen molar-refractivity contribution in [3.63, 3.8) is 0 Å². The van der Waals surface area contributed by atoms with Gasteiger partial charge in [0.25, 0.3) is 0 Å². The predicted octanol–water partition coefficient (Wildman–Crippen LogP) is 0.0974. The van der Waals surface area contributed by atoms with Crippen molar-refractivity contribution in [2.75, 3.05) is 19.6 Å². The number of piperidine rings is 1. The van der Waals surface area contributed by atoms with Gasteiger partial charge in [0.15, 0.2) is 0 Å². The molecule has 0 aromatic carbocycles. The van der Waals surface area contributed by atoms with E-state index in [1.54, 1.807) is 4.90 Å². The monoisotopic (exact) mass is 181 g/mol. The highest BCUT2D eigenvalue weighted by molar-refractivity contribution is 5.78. The van der Waals surface area contributed by atoms with Crippen LogP contribution in [0.1, 0.15) is 19.3 Å². The second-order valence-electron chi connectivity index (χ2n) is 3.42. The molecular formula is C9H15N3O. The van der Waals surface area contributed by atoms with E-state index in [-0.39, 0.29) is 12.3 Å². The van der Waals surface area contributed by atoms with Gasteiger partial charge in [0.1, 0.15) is 6.42 Å². The van der Waals surface area contributed by atoms with Crippen molar-refractivity contribution in [1.82, 2.24) is 4.90 Å². The number of nitrogens with two attached hydrogens (primary N) is 1. The molecule has 1 rings (SSSR count). The normalized spacial score (nSPS) is 22.5. The molecule has 1 fully saturated rings. The average molecular weight is 181 g/mol. The number of carbonyl (C=O) groups excluding carboxylic acids is 1. The highest BCUT2D eigenvalue weighted by Gasteiger charge is 2.21. The number of hydrogen-bond donors (Lipinski definition) is 1. The first-order valence-electron chi connectivity index (χ1n) is 4.62. The second-order valence-corrected chi connectivity index (χ2v) is 3.42. The Morgan fingerprint density at radius 3 is 3.08 bits per heavy atom. The van der Waals surface area contributed by atoms with Crippen LogP contribution in [0.2, 0.25) is 0 Å². The molecule has 0 bridgehead atoms. The van der Waals surface area contributed by atoms with E-state index in [0.717, 1.165) is 25.9 Å². The largest absolute Gasteiger partial charge is 0.341 e. The molecule has 1 heterocycles. The minimum Gasteiger partial charge on any atom is -0.341 e. The van der Waals surface area contributed by atoms with Crippen molar-refractivity contribution in [3.05, 3.63) is 0 Å². The van der Waals surface area contributed by atoms with Crippen LogP contribution in [-0.4, -0.2) is 30.4 Å². The van der Waals surface area contributed by atoms with Gasteiger partial charge in [0.05, 0.1) is 6.07 Å². The molecule has 1 unspecified atom stereocenters. The van der Waals surface area contributed by atoms with Gasteiger partial charge in [-0.15, -0.1) is 0 Å². The molecule has 1 amide bonds. The first-order valence-corrected chi connectivity index (χ1v) is 4.62. The molecule has 1 atom stereocenters. The highest BCUT2D eigenvalue weighted by Crippen LogP contribution is 2.15. The molecule has 72 valence electrons. The Bertz CT molecular complexity index is 221. The van der Waals surface area contributed by atoms with E-state index in [1.165, 1.54) is 0 Å². The topological polar surface area (TPSA) is 70.1 Å². The van der Waals surface area contributed by atoms with E-state index >= 15 is 0 Å². The van der Waals surface area contributed by atoms with E-state index in [2.05, 4.69) is 0 Å². The molecule has 1 aliphatic heterocycles. The summed E-state index contributed by atoms with van der Waals surface area (Å²) in [5, 5.41) is 8.37. The van der Waals surface area contributed by atoms with E-state index in [0.29, 0.717) is 12.5 Å². The summed E-state index contributed by atoms with van der Waals surface area (Å²) in [4.78, 5) is 13.1. The van der Waals surface area contributed by atoms with Crippen LogP contribution < -0.4 is 5.73 Å². The van der Waals surface area contributed by atoms with Crippen LogP contribution in [0.25, 0.3) is 0 Å². The zero-order chi connectivity index (χ0) is 9.68. The maximum atomic E-state index is 11.3. The van der Waals surface area contributed by atoms with E-state index in [4.69, 9.17) is 11.0 Å². The van der Waals surface area contributed by atoms with Gasteiger partial charge in [-0.1, -0.05) is 0 Å². The molecule has 4 nitrogen and oxygen atoms in total. The average Bonchev–Trinajstić information content (AvgIpc) is 2.18. The van der Waals surface area contributed by atoms with Crippen LogP contribution in [0, 0.1) is 17.2 Å². The predicted molar refractivity (Wildman–Crippen MR) is 48.6 cm³/mol. The lowest BCUT2D eigenvalue weighted by atomic mass is 9.98. The van der Waals surface area contributed by atoms with Gasteiger partial charge in [-0.25, -0.2) is 0 Å². The molecule has 1 saturated heterocycles. The fraction of sp³-hybridized carbons (Fsp3) is 0.778. The molecule has 0 aromatic heterocycles. The Balaban J connectivity index is 2.42. The number of nitrogens with zero attached hydrogens (tertiary/aromatic N) is 2. The van der Waals surface area contributed by atoms with Crippen molar-refractivity contribution >= 4 is 5.91 Å². The van der Waals surface area contributed by atoms with Gasteiger partial charge >= 0.3 is 0 Å². The number of amides is 1. The third-order valence-corrected chi connectivity index (χ3v) is 2.44. The highest BCUT2D eigenvalue weighted by atomic mass is 16.2. The lowest BCUT2D eigenvalue weighted by Crippen LogP contribution is -2.41. The molecular weight excluding hydrogens is 166 g/mol. The minimum absolute atomic E-state index is 0.00269. The van der Waals surface area contributed by atoms with Crippen LogP contribution in [0.15, 0.2) is 0 Å². The minimum atomic E-state index is -0.0550. The van der Waals surface area contributed by atoms with Gasteiger partial charge < -0.3 is 10.6 Å². The summed E-state index contributed by atoms with van der Waals surface area (Å²) in [6.45, 7) is 2.16. The fourth-order valence-electron chi connectivity index (χ4n) is 1.66. The molecule has 1 aliphatic rings. The summed E-state index contributed by atoms with van der Waals surface area (Å²) < 4.78 is 0. The maximum Gasteiger partial charge on any atom is 0.236 e. The molecule has 0 aliphatic carbocycles. The smallest absolute Gasteiger partial charge is 0.236 e. The van der Waals surface area contributed by atoms with Crippen molar-refractivity contribution in [2.45, 2.75) is 19.3 Å². The zero-order valence-electron chi connectivity index (χ0n) is 7.70. The van der Waals surface area contributed by atoms with Crippen LogP contribution in [0.5, 0.6) is 0 Å². The number of hydrogen-bond acceptors (Lipinski definition) is 3. The van der Waals surface area contributed by atoms with Gasteiger partial charge in [-0.05, 0) is 25.3 Å². The van der Waals surface area contributed by atoms with Crippen molar-refractivity contribution in [2.24, 2.45) is 11.7 Å². The Hall–Kier alpha value is -1.08. The first kappa shape index (κ1) is 10.0. The zero-order valence-corrected chi connectivity index (χ0v) is 7.70. The van der Waals surface area contributed by atoms with Gasteiger partial charge in [0.2, 0.25) is 5.91 Å². The van der Waals surface area contributed by atoms with Crippen LogP contribution in [0.4, 0.5) is 0 Å². The molecule has 4 heteroatoms. The number of rotatable bonds is 2. The van der Waals surface area contributed by atoms with Gasteiger partial charge in [-0.2, -0.15) is 5.26 Å². The summed E-state index contributed by atoms with van der Waals surface area (Å²) in [6, 6.07) is 1.88. The van der Waals surface area contributed by atoms with Gasteiger partial charge in [-0.3, -0.25) is 4.79 Å². The lowest BCUT2D eigenvalue weighted by molar-refractivity contribution is -0.131. The summed E-state index contributed by atoms with van der Waals surface area (Å²) in [5.41, 5.74) is 5.54. The Morgan fingerprint density at radius 1 is 1.69 bits per heavy atom. The second kappa shape index (κ2) is 4.83. The lowest BCUT2D eigenvalue weighted by Gasteiger charge is -2.31. The van der Waals surface area contributed by atoms with Crippen LogP contribution in [-0.2, 0) is 4.79 Å². The van der Waals surface area contributed by atoms with Gasteiger partial charge in [0, 0.05) is 13.1 Å². The summed E-state index contributed by atoms with van der Waals surface area (Å²) in [7, 11) is 0. The summed E-state index contributed by atoms with van der Waals surface area (Å²) in [6.07, 6.45) is 2.11. The van der Waals surface area contributed by atoms with Crippen LogP contribution >= 0.6 is 0 Å². The molecule has 2 N–H and O–H groups in total. The summed E-state index contributed by atoms with van der Waals surface area (Å²) >= 11 is 0. The molecule has 13 heavy (non-hydrogen) atoms. The fourth-order valence-corrected chi connectivity index (χ4v) is 1.66. The SMILES string of the molecule is N#CCC(=O)N1CCCC(CN)C1.